The average molecular weight is 132 g/mol. The molecule has 0 aliphatic heterocycles. The SMILES string of the molecule is CC[C@H](CO)[N+](C)(C)C. The lowest BCUT2D eigenvalue weighted by molar-refractivity contribution is -0.896. The summed E-state index contributed by atoms with van der Waals surface area (Å²) in [6, 6.07) is 0.394. The molecule has 0 aromatic heterocycles. The summed E-state index contributed by atoms with van der Waals surface area (Å²) in [7, 11) is 6.30. The summed E-state index contributed by atoms with van der Waals surface area (Å²) < 4.78 is 0.854. The molecule has 0 aromatic carbocycles. The number of aliphatic hydroxyl groups is 1. The van der Waals surface area contributed by atoms with Crippen molar-refractivity contribution >= 4 is 0 Å². The molecule has 0 unspecified atom stereocenters. The van der Waals surface area contributed by atoms with Crippen molar-refractivity contribution in [3.8, 4) is 0 Å². The zero-order chi connectivity index (χ0) is 7.49. The van der Waals surface area contributed by atoms with E-state index in [9.17, 15) is 0 Å². The fraction of sp³-hybridized carbons (Fsp3) is 1.00. The van der Waals surface area contributed by atoms with Gasteiger partial charge in [-0.05, 0) is 6.42 Å². The van der Waals surface area contributed by atoms with Crippen molar-refractivity contribution in [2.45, 2.75) is 19.4 Å². The maximum Gasteiger partial charge on any atom is 0.111 e. The molecule has 56 valence electrons. The van der Waals surface area contributed by atoms with Gasteiger partial charge in [0, 0.05) is 0 Å². The molecule has 0 heterocycles. The minimum Gasteiger partial charge on any atom is -0.390 e. The Bertz CT molecular complexity index is 71.5. The number of hydrogen-bond acceptors (Lipinski definition) is 1. The van der Waals surface area contributed by atoms with Gasteiger partial charge in [0.25, 0.3) is 0 Å². The highest BCUT2D eigenvalue weighted by atomic mass is 16.3. The van der Waals surface area contributed by atoms with E-state index in [2.05, 4.69) is 28.1 Å². The molecule has 0 radical (unpaired) electrons. The predicted octanol–water partition coefficient (Wildman–Crippen LogP) is 0.464. The van der Waals surface area contributed by atoms with Crippen LogP contribution in [0.4, 0.5) is 0 Å². The number of quaternary nitrogens is 1. The largest absolute Gasteiger partial charge is 0.390 e. The second kappa shape index (κ2) is 3.18. The molecule has 1 N–H and O–H groups in total. The Morgan fingerprint density at radius 2 is 1.78 bits per heavy atom. The first kappa shape index (κ1) is 8.92. The van der Waals surface area contributed by atoms with Gasteiger partial charge in [0.05, 0.1) is 27.7 Å². The third kappa shape index (κ3) is 2.82. The molecule has 0 saturated heterocycles. The summed E-state index contributed by atoms with van der Waals surface area (Å²) in [4.78, 5) is 0. The van der Waals surface area contributed by atoms with Crippen LogP contribution in [0, 0.1) is 0 Å². The highest BCUT2D eigenvalue weighted by Crippen LogP contribution is 2.04. The summed E-state index contributed by atoms with van der Waals surface area (Å²) in [5.41, 5.74) is 0. The minimum atomic E-state index is 0.292. The summed E-state index contributed by atoms with van der Waals surface area (Å²) in [6.45, 7) is 2.39. The molecule has 0 aliphatic rings. The maximum absolute atomic E-state index is 8.85. The van der Waals surface area contributed by atoms with Crippen LogP contribution >= 0.6 is 0 Å². The normalized spacial score (nSPS) is 15.7. The molecule has 0 bridgehead atoms. The van der Waals surface area contributed by atoms with Gasteiger partial charge in [-0.3, -0.25) is 0 Å². The molecular weight excluding hydrogens is 114 g/mol. The van der Waals surface area contributed by atoms with Crippen LogP contribution in [0.2, 0.25) is 0 Å². The second-order valence-electron chi connectivity index (χ2n) is 3.36. The third-order valence-corrected chi connectivity index (χ3v) is 1.78. The van der Waals surface area contributed by atoms with Gasteiger partial charge in [0.1, 0.15) is 6.04 Å². The Balaban J connectivity index is 3.79. The van der Waals surface area contributed by atoms with Crippen molar-refractivity contribution in [2.24, 2.45) is 0 Å². The molecule has 0 saturated carbocycles. The van der Waals surface area contributed by atoms with E-state index >= 15 is 0 Å². The molecule has 9 heavy (non-hydrogen) atoms. The number of hydrogen-bond donors (Lipinski definition) is 1. The highest BCUT2D eigenvalue weighted by molar-refractivity contribution is 4.49. The molecule has 2 nitrogen and oxygen atoms in total. The van der Waals surface area contributed by atoms with Crippen molar-refractivity contribution in [3.05, 3.63) is 0 Å². The molecule has 0 amide bonds. The van der Waals surface area contributed by atoms with Gasteiger partial charge in [0.2, 0.25) is 0 Å². The quantitative estimate of drug-likeness (QED) is 0.553. The van der Waals surface area contributed by atoms with Gasteiger partial charge in [-0.15, -0.1) is 0 Å². The van der Waals surface area contributed by atoms with Crippen LogP contribution < -0.4 is 0 Å². The van der Waals surface area contributed by atoms with E-state index < -0.39 is 0 Å². The first-order valence-corrected chi connectivity index (χ1v) is 3.44. The fourth-order valence-corrected chi connectivity index (χ4v) is 0.922. The topological polar surface area (TPSA) is 20.2 Å². The van der Waals surface area contributed by atoms with Crippen LogP contribution in [0.25, 0.3) is 0 Å². The van der Waals surface area contributed by atoms with Crippen LogP contribution in [0.3, 0.4) is 0 Å². The number of likely N-dealkylation sites (N-methyl/N-ethyl adjacent to an activating group) is 1. The zero-order valence-electron chi connectivity index (χ0n) is 6.89. The summed E-state index contributed by atoms with van der Waals surface area (Å²) in [5, 5.41) is 8.85. The predicted molar refractivity (Wildman–Crippen MR) is 39.2 cm³/mol. The standard InChI is InChI=1S/C7H18NO/c1-5-7(6-9)8(2,3)4/h7,9H,5-6H2,1-4H3/q+1/t7-/m1/s1. The molecule has 0 spiro atoms. The first-order valence-electron chi connectivity index (χ1n) is 3.44. The van der Waals surface area contributed by atoms with E-state index in [0.717, 1.165) is 10.9 Å². The monoisotopic (exact) mass is 132 g/mol. The number of rotatable bonds is 3. The fourth-order valence-electron chi connectivity index (χ4n) is 0.922. The summed E-state index contributed by atoms with van der Waals surface area (Å²) >= 11 is 0. The first-order chi connectivity index (χ1) is 4.02. The average Bonchev–Trinajstić information content (AvgIpc) is 1.65. The molecule has 0 rings (SSSR count). The molecular formula is C7H18NO+. The Labute approximate surface area is 57.7 Å². The van der Waals surface area contributed by atoms with E-state index in [1.807, 2.05) is 0 Å². The van der Waals surface area contributed by atoms with Gasteiger partial charge >= 0.3 is 0 Å². The Hall–Kier alpha value is -0.0800. The Kier molecular flexibility index (Phi) is 3.15. The van der Waals surface area contributed by atoms with Gasteiger partial charge < -0.3 is 9.59 Å². The second-order valence-corrected chi connectivity index (χ2v) is 3.36. The molecule has 0 fully saturated rings. The van der Waals surface area contributed by atoms with Crippen molar-refractivity contribution in [3.63, 3.8) is 0 Å². The molecule has 0 aliphatic carbocycles. The maximum atomic E-state index is 8.85. The Morgan fingerprint density at radius 3 is 1.78 bits per heavy atom. The lowest BCUT2D eigenvalue weighted by atomic mass is 10.2. The van der Waals surface area contributed by atoms with Crippen molar-refractivity contribution in [1.82, 2.24) is 0 Å². The summed E-state index contributed by atoms with van der Waals surface area (Å²) in [5.74, 6) is 0. The molecule has 2 heteroatoms. The molecule has 1 atom stereocenters. The smallest absolute Gasteiger partial charge is 0.111 e. The highest BCUT2D eigenvalue weighted by Gasteiger charge is 2.19. The van der Waals surface area contributed by atoms with Crippen LogP contribution in [0.15, 0.2) is 0 Å². The Morgan fingerprint density at radius 1 is 1.33 bits per heavy atom. The van der Waals surface area contributed by atoms with Gasteiger partial charge in [0.15, 0.2) is 0 Å². The molecule has 0 aromatic rings. The van der Waals surface area contributed by atoms with Crippen molar-refractivity contribution in [2.75, 3.05) is 27.7 Å². The van der Waals surface area contributed by atoms with E-state index in [4.69, 9.17) is 5.11 Å². The van der Waals surface area contributed by atoms with Gasteiger partial charge in [-0.25, -0.2) is 0 Å². The van der Waals surface area contributed by atoms with E-state index in [1.165, 1.54) is 0 Å². The van der Waals surface area contributed by atoms with E-state index in [-0.39, 0.29) is 0 Å². The van der Waals surface area contributed by atoms with Crippen molar-refractivity contribution < 1.29 is 9.59 Å². The van der Waals surface area contributed by atoms with Crippen LogP contribution in [-0.2, 0) is 0 Å². The zero-order valence-corrected chi connectivity index (χ0v) is 6.89. The van der Waals surface area contributed by atoms with Crippen LogP contribution in [0.1, 0.15) is 13.3 Å². The van der Waals surface area contributed by atoms with E-state index in [0.29, 0.717) is 12.6 Å². The van der Waals surface area contributed by atoms with Crippen LogP contribution in [-0.4, -0.2) is 43.4 Å². The van der Waals surface area contributed by atoms with Gasteiger partial charge in [-0.2, -0.15) is 0 Å². The third-order valence-electron chi connectivity index (χ3n) is 1.78. The van der Waals surface area contributed by atoms with Crippen LogP contribution in [0.5, 0.6) is 0 Å². The van der Waals surface area contributed by atoms with E-state index in [1.54, 1.807) is 0 Å². The number of nitrogens with zero attached hydrogens (tertiary/aromatic N) is 1. The van der Waals surface area contributed by atoms with Gasteiger partial charge in [-0.1, -0.05) is 6.92 Å². The lowest BCUT2D eigenvalue weighted by Gasteiger charge is -2.32. The number of aliphatic hydroxyl groups excluding tert-OH is 1. The lowest BCUT2D eigenvalue weighted by Crippen LogP contribution is -2.46. The van der Waals surface area contributed by atoms with Crippen molar-refractivity contribution in [1.29, 1.82) is 0 Å². The summed E-state index contributed by atoms with van der Waals surface area (Å²) in [6.07, 6.45) is 1.04. The minimum absolute atomic E-state index is 0.292.